The lowest BCUT2D eigenvalue weighted by atomic mass is 10.00. The average molecular weight is 360 g/mol. The number of nitrogens with one attached hydrogen (secondary N) is 1. The number of hydrogen-bond donors (Lipinski definition) is 1. The van der Waals surface area contributed by atoms with Gasteiger partial charge in [-0.25, -0.2) is 8.42 Å². The van der Waals surface area contributed by atoms with Gasteiger partial charge in [0.25, 0.3) is 0 Å². The molecule has 8 nitrogen and oxygen atoms in total. The zero-order chi connectivity index (χ0) is 17.6. The molecule has 0 aliphatic heterocycles. The molecule has 0 aliphatic rings. The van der Waals surface area contributed by atoms with E-state index in [9.17, 15) is 16.8 Å². The van der Waals surface area contributed by atoms with Gasteiger partial charge in [0.2, 0.25) is 10.0 Å². The van der Waals surface area contributed by atoms with Crippen LogP contribution in [0.15, 0.2) is 0 Å². The summed E-state index contributed by atoms with van der Waals surface area (Å²) in [6, 6.07) is 0. The van der Waals surface area contributed by atoms with Crippen molar-refractivity contribution in [3.63, 3.8) is 0 Å². The second kappa shape index (κ2) is 8.55. The molecule has 10 heteroatoms. The van der Waals surface area contributed by atoms with E-state index in [1.165, 1.54) is 13.8 Å². The summed E-state index contributed by atoms with van der Waals surface area (Å²) in [5, 5.41) is 0. The number of ether oxygens (including phenoxy) is 1. The van der Waals surface area contributed by atoms with Crippen molar-refractivity contribution in [2.75, 3.05) is 33.5 Å². The maximum Gasteiger partial charge on any atom is 0.349 e. The van der Waals surface area contributed by atoms with Crippen LogP contribution in [0.2, 0.25) is 0 Å². The maximum atomic E-state index is 12.1. The third kappa shape index (κ3) is 6.88. The average Bonchev–Trinajstić information content (AvgIpc) is 2.36. The third-order valence-corrected chi connectivity index (χ3v) is 7.64. The predicted molar refractivity (Wildman–Crippen MR) is 85.0 cm³/mol. The summed E-state index contributed by atoms with van der Waals surface area (Å²) in [6.45, 7) is 9.18. The maximum absolute atomic E-state index is 12.1. The zero-order valence-corrected chi connectivity index (χ0v) is 15.8. The second-order valence-corrected chi connectivity index (χ2v) is 9.70. The highest BCUT2D eigenvalue weighted by atomic mass is 32.3. The van der Waals surface area contributed by atoms with Crippen molar-refractivity contribution >= 4 is 20.3 Å². The Kier molecular flexibility index (Phi) is 8.45. The standard InChI is InChI=1S/C12H28N2O6S2/c1-7-14(6)10-19-8-9-20-22(17,18)13-21(15,16)12(4,5)11(2)3/h11,13H,7-10H2,1-6H3. The Morgan fingerprint density at radius 3 is 2.14 bits per heavy atom. The molecule has 0 aromatic heterocycles. The van der Waals surface area contributed by atoms with Crippen LogP contribution in [-0.2, 0) is 29.2 Å². The van der Waals surface area contributed by atoms with Crippen LogP contribution in [0.4, 0.5) is 0 Å². The van der Waals surface area contributed by atoms with E-state index < -0.39 is 25.1 Å². The van der Waals surface area contributed by atoms with Gasteiger partial charge >= 0.3 is 10.3 Å². The van der Waals surface area contributed by atoms with Gasteiger partial charge in [0, 0.05) is 0 Å². The van der Waals surface area contributed by atoms with Crippen molar-refractivity contribution in [1.29, 1.82) is 0 Å². The summed E-state index contributed by atoms with van der Waals surface area (Å²) < 4.78 is 57.8. The SMILES string of the molecule is CCN(C)COCCOS(=O)(=O)NS(=O)(=O)C(C)(C)C(C)C. The van der Waals surface area contributed by atoms with E-state index in [0.29, 0.717) is 6.73 Å². The van der Waals surface area contributed by atoms with Gasteiger partial charge < -0.3 is 4.74 Å². The fourth-order valence-electron chi connectivity index (χ4n) is 1.09. The molecule has 0 bridgehead atoms. The number of hydrogen-bond acceptors (Lipinski definition) is 7. The van der Waals surface area contributed by atoms with Gasteiger partial charge in [0.1, 0.15) is 0 Å². The Balaban J connectivity index is 4.48. The first-order valence-corrected chi connectivity index (χ1v) is 9.93. The monoisotopic (exact) mass is 360 g/mol. The van der Waals surface area contributed by atoms with Crippen molar-refractivity contribution < 1.29 is 25.8 Å². The minimum absolute atomic E-state index is 0.0405. The minimum Gasteiger partial charge on any atom is -0.364 e. The lowest BCUT2D eigenvalue weighted by Gasteiger charge is -2.28. The second-order valence-electron chi connectivity index (χ2n) is 5.83. The zero-order valence-electron chi connectivity index (χ0n) is 14.1. The van der Waals surface area contributed by atoms with Gasteiger partial charge in [-0.1, -0.05) is 24.9 Å². The molecule has 0 atom stereocenters. The van der Waals surface area contributed by atoms with Crippen LogP contribution in [0.25, 0.3) is 0 Å². The molecule has 0 rings (SSSR count). The molecule has 0 aromatic rings. The molecule has 0 heterocycles. The molecule has 0 saturated heterocycles. The molecule has 0 radical (unpaired) electrons. The molecule has 0 aliphatic carbocycles. The van der Waals surface area contributed by atoms with Gasteiger partial charge in [0.05, 0.1) is 24.7 Å². The lowest BCUT2D eigenvalue weighted by Crippen LogP contribution is -2.48. The number of sulfonamides is 1. The van der Waals surface area contributed by atoms with E-state index >= 15 is 0 Å². The quantitative estimate of drug-likeness (QED) is 0.423. The number of rotatable bonds is 11. The van der Waals surface area contributed by atoms with E-state index in [1.54, 1.807) is 18.0 Å². The molecule has 0 unspecified atom stereocenters. The number of nitrogens with zero attached hydrogens (tertiary/aromatic N) is 1. The van der Waals surface area contributed by atoms with Crippen LogP contribution < -0.4 is 4.13 Å². The molecule has 1 N–H and O–H groups in total. The molecule has 22 heavy (non-hydrogen) atoms. The smallest absolute Gasteiger partial charge is 0.349 e. The highest BCUT2D eigenvalue weighted by Gasteiger charge is 2.40. The lowest BCUT2D eigenvalue weighted by molar-refractivity contribution is 0.0305. The van der Waals surface area contributed by atoms with Crippen LogP contribution in [-0.4, -0.2) is 60.0 Å². The van der Waals surface area contributed by atoms with Crippen molar-refractivity contribution in [1.82, 2.24) is 9.03 Å². The van der Waals surface area contributed by atoms with Crippen molar-refractivity contribution in [3.05, 3.63) is 0 Å². The molecular formula is C12H28N2O6S2. The summed E-state index contributed by atoms with van der Waals surface area (Å²) in [6.07, 6.45) is 0. The Morgan fingerprint density at radius 1 is 1.14 bits per heavy atom. The fraction of sp³-hybridized carbons (Fsp3) is 1.00. The van der Waals surface area contributed by atoms with E-state index in [1.807, 2.05) is 18.9 Å². The minimum atomic E-state index is -4.39. The summed E-state index contributed by atoms with van der Waals surface area (Å²) >= 11 is 0. The third-order valence-electron chi connectivity index (χ3n) is 3.61. The summed E-state index contributed by atoms with van der Waals surface area (Å²) in [5.74, 6) is -0.270. The summed E-state index contributed by atoms with van der Waals surface area (Å²) in [5.41, 5.74) is 0. The van der Waals surface area contributed by atoms with E-state index in [2.05, 4.69) is 4.18 Å². The predicted octanol–water partition coefficient (Wildman–Crippen LogP) is 0.528. The van der Waals surface area contributed by atoms with Gasteiger partial charge in [-0.2, -0.15) is 8.42 Å². The van der Waals surface area contributed by atoms with Gasteiger partial charge in [-0.05, 0) is 33.4 Å². The molecule has 134 valence electrons. The van der Waals surface area contributed by atoms with Crippen molar-refractivity contribution in [3.8, 4) is 0 Å². The summed E-state index contributed by atoms with van der Waals surface area (Å²) in [4.78, 5) is 1.88. The van der Waals surface area contributed by atoms with Crippen LogP contribution in [0.1, 0.15) is 34.6 Å². The van der Waals surface area contributed by atoms with Gasteiger partial charge in [-0.3, -0.25) is 9.08 Å². The Bertz CT molecular complexity index is 528. The van der Waals surface area contributed by atoms with Crippen molar-refractivity contribution in [2.45, 2.75) is 39.4 Å². The van der Waals surface area contributed by atoms with Crippen LogP contribution in [0.5, 0.6) is 0 Å². The normalized spacial score (nSPS) is 14.0. The Labute approximate surface area is 134 Å². The summed E-state index contributed by atoms with van der Waals surface area (Å²) in [7, 11) is -6.64. The van der Waals surface area contributed by atoms with Crippen molar-refractivity contribution in [2.24, 2.45) is 5.92 Å². The van der Waals surface area contributed by atoms with Gasteiger partial charge in [0.15, 0.2) is 0 Å². The van der Waals surface area contributed by atoms with E-state index in [4.69, 9.17) is 4.74 Å². The van der Waals surface area contributed by atoms with Crippen LogP contribution in [0, 0.1) is 5.92 Å². The van der Waals surface area contributed by atoms with Gasteiger partial charge in [-0.15, -0.1) is 0 Å². The molecular weight excluding hydrogens is 332 g/mol. The van der Waals surface area contributed by atoms with E-state index in [0.717, 1.165) is 6.54 Å². The molecule has 0 spiro atoms. The molecule has 0 amide bonds. The topological polar surface area (TPSA) is 102 Å². The Hall–Kier alpha value is -0.260. The first-order valence-electron chi connectivity index (χ1n) is 7.04. The highest BCUT2D eigenvalue weighted by molar-refractivity contribution is 8.03. The molecule has 0 saturated carbocycles. The first kappa shape index (κ1) is 21.7. The first-order chi connectivity index (χ1) is 9.85. The molecule has 0 fully saturated rings. The van der Waals surface area contributed by atoms with Crippen LogP contribution >= 0.6 is 0 Å². The highest BCUT2D eigenvalue weighted by Crippen LogP contribution is 2.25. The largest absolute Gasteiger partial charge is 0.364 e. The fourth-order valence-corrected chi connectivity index (χ4v) is 4.12. The molecule has 0 aromatic carbocycles. The van der Waals surface area contributed by atoms with Crippen LogP contribution in [0.3, 0.4) is 0 Å². The van der Waals surface area contributed by atoms with E-state index in [-0.39, 0.29) is 19.1 Å². The Morgan fingerprint density at radius 2 is 1.68 bits per heavy atom.